The Bertz CT molecular complexity index is 994. The molecule has 0 unspecified atom stereocenters. The summed E-state index contributed by atoms with van der Waals surface area (Å²) in [4.78, 5) is 17.0. The molecule has 4 nitrogen and oxygen atoms in total. The maximum absolute atomic E-state index is 13.0. The second kappa shape index (κ2) is 6.92. The van der Waals surface area contributed by atoms with E-state index in [2.05, 4.69) is 4.98 Å². The summed E-state index contributed by atoms with van der Waals surface area (Å²) >= 11 is 0. The first-order valence-corrected chi connectivity index (χ1v) is 8.75. The smallest absolute Gasteiger partial charge is 0.350 e. The summed E-state index contributed by atoms with van der Waals surface area (Å²) in [5.74, 6) is 0.208. The summed E-state index contributed by atoms with van der Waals surface area (Å²) in [6, 6.07) is 31.6. The lowest BCUT2D eigenvalue weighted by atomic mass is 9.76. The molecule has 0 saturated heterocycles. The summed E-state index contributed by atoms with van der Waals surface area (Å²) in [5, 5.41) is 0. The van der Waals surface area contributed by atoms with Gasteiger partial charge in [-0.3, -0.25) is 4.57 Å². The molecule has 0 radical (unpaired) electrons. The molecule has 4 aromatic rings. The van der Waals surface area contributed by atoms with E-state index in [1.807, 2.05) is 91.0 Å². The van der Waals surface area contributed by atoms with Gasteiger partial charge in [-0.2, -0.15) is 4.98 Å². The van der Waals surface area contributed by atoms with Crippen molar-refractivity contribution in [3.63, 3.8) is 0 Å². The van der Waals surface area contributed by atoms with Crippen molar-refractivity contribution in [3.05, 3.63) is 130 Å². The maximum atomic E-state index is 13.0. The molecule has 0 saturated carbocycles. The van der Waals surface area contributed by atoms with Gasteiger partial charge in [-0.25, -0.2) is 4.79 Å². The zero-order valence-electron chi connectivity index (χ0n) is 14.7. The molecule has 0 aliphatic heterocycles. The lowest BCUT2D eigenvalue weighted by Crippen LogP contribution is -2.44. The molecule has 0 amide bonds. The molecule has 0 aliphatic rings. The fourth-order valence-corrected chi connectivity index (χ4v) is 3.63. The molecule has 4 heteroatoms. The van der Waals surface area contributed by atoms with Crippen LogP contribution in [0.25, 0.3) is 0 Å². The van der Waals surface area contributed by atoms with Crippen LogP contribution in [0.15, 0.2) is 108 Å². The second-order valence-corrected chi connectivity index (χ2v) is 6.31. The largest absolute Gasteiger partial charge is 0.383 e. The molecule has 27 heavy (non-hydrogen) atoms. The van der Waals surface area contributed by atoms with Gasteiger partial charge in [0.2, 0.25) is 0 Å². The fraction of sp³-hybridized carbons (Fsp3) is 0.0435. The third-order valence-corrected chi connectivity index (χ3v) is 4.76. The van der Waals surface area contributed by atoms with E-state index in [-0.39, 0.29) is 5.82 Å². The van der Waals surface area contributed by atoms with Crippen LogP contribution in [-0.2, 0) is 5.54 Å². The van der Waals surface area contributed by atoms with Crippen molar-refractivity contribution in [2.75, 3.05) is 5.73 Å². The first-order valence-electron chi connectivity index (χ1n) is 8.75. The number of rotatable bonds is 4. The van der Waals surface area contributed by atoms with Crippen molar-refractivity contribution in [1.29, 1.82) is 0 Å². The highest BCUT2D eigenvalue weighted by Crippen LogP contribution is 2.39. The number of nitrogen functional groups attached to an aromatic ring is 1. The van der Waals surface area contributed by atoms with Crippen molar-refractivity contribution in [2.24, 2.45) is 0 Å². The predicted octanol–water partition coefficient (Wildman–Crippen LogP) is 3.67. The first kappa shape index (κ1) is 16.8. The Labute approximate surface area is 157 Å². The molecule has 4 rings (SSSR count). The van der Waals surface area contributed by atoms with E-state index in [4.69, 9.17) is 5.73 Å². The third-order valence-electron chi connectivity index (χ3n) is 4.76. The van der Waals surface area contributed by atoms with E-state index in [1.54, 1.807) is 16.8 Å². The summed E-state index contributed by atoms with van der Waals surface area (Å²) in [6.07, 6.45) is 1.72. The van der Waals surface area contributed by atoms with Crippen LogP contribution in [0.1, 0.15) is 16.7 Å². The molecular formula is C23H19N3O. The van der Waals surface area contributed by atoms with Crippen LogP contribution in [-0.4, -0.2) is 9.55 Å². The van der Waals surface area contributed by atoms with Gasteiger partial charge < -0.3 is 5.73 Å². The van der Waals surface area contributed by atoms with E-state index in [0.29, 0.717) is 0 Å². The Balaban J connectivity index is 2.18. The van der Waals surface area contributed by atoms with E-state index in [0.717, 1.165) is 16.7 Å². The van der Waals surface area contributed by atoms with Crippen LogP contribution in [0.4, 0.5) is 5.82 Å². The Morgan fingerprint density at radius 3 is 1.44 bits per heavy atom. The molecule has 0 fully saturated rings. The minimum atomic E-state index is -0.860. The predicted molar refractivity (Wildman–Crippen MR) is 108 cm³/mol. The van der Waals surface area contributed by atoms with Crippen LogP contribution in [0.2, 0.25) is 0 Å². The quantitative estimate of drug-likeness (QED) is 0.570. The summed E-state index contributed by atoms with van der Waals surface area (Å²) in [7, 11) is 0. The van der Waals surface area contributed by atoms with Gasteiger partial charge in [0, 0.05) is 6.20 Å². The monoisotopic (exact) mass is 353 g/mol. The Morgan fingerprint density at radius 1 is 0.667 bits per heavy atom. The van der Waals surface area contributed by atoms with Crippen LogP contribution in [0.5, 0.6) is 0 Å². The van der Waals surface area contributed by atoms with Crippen molar-refractivity contribution in [3.8, 4) is 0 Å². The maximum Gasteiger partial charge on any atom is 0.350 e. The van der Waals surface area contributed by atoms with Gasteiger partial charge in [0.15, 0.2) is 0 Å². The van der Waals surface area contributed by atoms with Crippen molar-refractivity contribution < 1.29 is 0 Å². The van der Waals surface area contributed by atoms with E-state index in [1.165, 1.54) is 0 Å². The highest BCUT2D eigenvalue weighted by molar-refractivity contribution is 5.50. The van der Waals surface area contributed by atoms with Crippen molar-refractivity contribution >= 4 is 5.82 Å². The summed E-state index contributed by atoms with van der Waals surface area (Å²) < 4.78 is 1.66. The number of hydrogen-bond donors (Lipinski definition) is 1. The van der Waals surface area contributed by atoms with Gasteiger partial charge in [0.25, 0.3) is 0 Å². The summed E-state index contributed by atoms with van der Waals surface area (Å²) in [6.45, 7) is 0. The highest BCUT2D eigenvalue weighted by atomic mass is 16.1. The number of aromatic nitrogens is 2. The van der Waals surface area contributed by atoms with Crippen LogP contribution in [0.3, 0.4) is 0 Å². The Morgan fingerprint density at radius 2 is 1.07 bits per heavy atom. The number of nitrogens with two attached hydrogens (primary N) is 1. The molecule has 1 heterocycles. The zero-order valence-corrected chi connectivity index (χ0v) is 14.7. The van der Waals surface area contributed by atoms with E-state index in [9.17, 15) is 4.79 Å². The van der Waals surface area contributed by atoms with Gasteiger partial charge in [0.1, 0.15) is 11.4 Å². The lowest BCUT2D eigenvalue weighted by molar-refractivity contribution is 0.488. The molecule has 1 aromatic heterocycles. The normalized spacial score (nSPS) is 11.3. The Kier molecular flexibility index (Phi) is 4.30. The average molecular weight is 353 g/mol. The zero-order chi connectivity index (χ0) is 18.7. The van der Waals surface area contributed by atoms with Crippen LogP contribution < -0.4 is 11.4 Å². The van der Waals surface area contributed by atoms with Gasteiger partial charge in [-0.05, 0) is 22.8 Å². The number of benzene rings is 3. The lowest BCUT2D eigenvalue weighted by Gasteiger charge is -2.37. The van der Waals surface area contributed by atoms with Gasteiger partial charge in [-0.15, -0.1) is 0 Å². The summed E-state index contributed by atoms with van der Waals surface area (Å²) in [5.41, 5.74) is 7.41. The van der Waals surface area contributed by atoms with Gasteiger partial charge in [0.05, 0.1) is 0 Å². The Hall–Kier alpha value is -3.66. The molecule has 0 bridgehead atoms. The molecule has 132 valence electrons. The second-order valence-electron chi connectivity index (χ2n) is 6.31. The standard InChI is InChI=1S/C23H19N3O/c24-21-16-17-26(22(27)25-21)23(18-10-4-1-5-11-18,19-12-6-2-7-13-19)20-14-8-3-9-15-20/h1-17H,(H2,24,25,27). The van der Waals surface area contributed by atoms with Crippen molar-refractivity contribution in [2.45, 2.75) is 5.54 Å². The minimum absolute atomic E-state index is 0.208. The number of anilines is 1. The van der Waals surface area contributed by atoms with Crippen LogP contribution >= 0.6 is 0 Å². The van der Waals surface area contributed by atoms with E-state index < -0.39 is 11.2 Å². The molecule has 0 aliphatic carbocycles. The topological polar surface area (TPSA) is 60.9 Å². The van der Waals surface area contributed by atoms with Crippen LogP contribution in [0, 0.1) is 0 Å². The number of hydrogen-bond acceptors (Lipinski definition) is 3. The molecule has 3 aromatic carbocycles. The average Bonchev–Trinajstić information content (AvgIpc) is 2.72. The highest BCUT2D eigenvalue weighted by Gasteiger charge is 2.39. The number of nitrogens with zero attached hydrogens (tertiary/aromatic N) is 2. The fourth-order valence-electron chi connectivity index (χ4n) is 3.63. The first-order chi connectivity index (χ1) is 13.2. The molecule has 0 spiro atoms. The molecular weight excluding hydrogens is 334 g/mol. The van der Waals surface area contributed by atoms with Gasteiger partial charge in [-0.1, -0.05) is 91.0 Å². The minimum Gasteiger partial charge on any atom is -0.383 e. The van der Waals surface area contributed by atoms with Crippen molar-refractivity contribution in [1.82, 2.24) is 9.55 Å². The molecule has 2 N–H and O–H groups in total. The van der Waals surface area contributed by atoms with E-state index >= 15 is 0 Å². The molecule has 0 atom stereocenters. The third kappa shape index (κ3) is 2.81. The van der Waals surface area contributed by atoms with Gasteiger partial charge >= 0.3 is 5.69 Å². The SMILES string of the molecule is Nc1ccn(C(c2ccccc2)(c2ccccc2)c2ccccc2)c(=O)n1.